The topological polar surface area (TPSA) is 52.7 Å². The lowest BCUT2D eigenvalue weighted by Gasteiger charge is -2.34. The summed E-state index contributed by atoms with van der Waals surface area (Å²) in [6, 6.07) is 4.43. The Hall–Kier alpha value is -1.95. The highest BCUT2D eigenvalue weighted by molar-refractivity contribution is 5.94. The zero-order valence-electron chi connectivity index (χ0n) is 19.3. The van der Waals surface area contributed by atoms with Crippen molar-refractivity contribution < 1.29 is 14.0 Å². The van der Waals surface area contributed by atoms with Crippen LogP contribution in [0.1, 0.15) is 61.4 Å². The molecule has 0 unspecified atom stereocenters. The van der Waals surface area contributed by atoms with Crippen LogP contribution in [0, 0.1) is 30.5 Å². The fourth-order valence-electron chi connectivity index (χ4n) is 4.84. The molecule has 1 aromatic rings. The predicted molar refractivity (Wildman–Crippen MR) is 121 cm³/mol. The van der Waals surface area contributed by atoms with E-state index in [1.165, 1.54) is 25.0 Å². The van der Waals surface area contributed by atoms with Crippen LogP contribution in [0.5, 0.6) is 0 Å². The molecule has 0 radical (unpaired) electrons. The van der Waals surface area contributed by atoms with E-state index in [1.54, 1.807) is 13.0 Å². The summed E-state index contributed by atoms with van der Waals surface area (Å²) >= 11 is 0. The molecule has 0 bridgehead atoms. The normalized spacial score (nSPS) is 22.8. The zero-order chi connectivity index (χ0) is 22.4. The van der Waals surface area contributed by atoms with Gasteiger partial charge in [-0.3, -0.25) is 9.59 Å². The molecule has 3 rings (SSSR count). The summed E-state index contributed by atoms with van der Waals surface area (Å²) in [5.41, 5.74) is 1.13. The Labute approximate surface area is 186 Å². The third-order valence-electron chi connectivity index (χ3n) is 7.06. The number of hydrogen-bond acceptors (Lipinski definition) is 3. The summed E-state index contributed by atoms with van der Waals surface area (Å²) < 4.78 is 13.5. The van der Waals surface area contributed by atoms with Gasteiger partial charge in [0, 0.05) is 38.2 Å². The lowest BCUT2D eigenvalue weighted by Crippen LogP contribution is -2.43. The number of hydrogen-bond donors (Lipinski definition) is 1. The second-order valence-electron chi connectivity index (χ2n) is 9.73. The quantitative estimate of drug-likeness (QED) is 0.713. The highest BCUT2D eigenvalue weighted by Gasteiger charge is 2.27. The molecule has 1 aliphatic heterocycles. The lowest BCUT2D eigenvalue weighted by atomic mass is 9.82. The van der Waals surface area contributed by atoms with Gasteiger partial charge in [-0.05, 0) is 94.1 Å². The summed E-state index contributed by atoms with van der Waals surface area (Å²) in [4.78, 5) is 29.3. The van der Waals surface area contributed by atoms with Gasteiger partial charge in [0.25, 0.3) is 5.91 Å². The molecule has 31 heavy (non-hydrogen) atoms. The van der Waals surface area contributed by atoms with Crippen LogP contribution < -0.4 is 5.32 Å². The number of rotatable bonds is 7. The van der Waals surface area contributed by atoms with Crippen molar-refractivity contribution in [2.45, 2.75) is 52.4 Å². The Kier molecular flexibility index (Phi) is 8.47. The van der Waals surface area contributed by atoms with E-state index >= 15 is 0 Å². The minimum atomic E-state index is -0.375. The van der Waals surface area contributed by atoms with Crippen molar-refractivity contribution in [3.63, 3.8) is 0 Å². The van der Waals surface area contributed by atoms with E-state index in [2.05, 4.69) is 17.1 Å². The van der Waals surface area contributed by atoms with Crippen LogP contribution >= 0.6 is 0 Å². The third-order valence-corrected chi connectivity index (χ3v) is 7.06. The van der Waals surface area contributed by atoms with Crippen LogP contribution in [0.15, 0.2) is 18.2 Å². The first-order chi connectivity index (χ1) is 14.8. The maximum Gasteiger partial charge on any atom is 0.251 e. The number of aryl methyl sites for hydroxylation is 1. The SMILES string of the molecule is Cc1cc(F)cc(C(=O)NCC2CCN(CCN(C)C(=O)C3CCC(C)CC3)CC2)c1. The number of likely N-dealkylation sites (tertiary alicyclic amines) is 1. The number of carbonyl (C=O) groups excluding carboxylic acids is 2. The van der Waals surface area contributed by atoms with Gasteiger partial charge < -0.3 is 15.1 Å². The molecule has 1 aliphatic carbocycles. The van der Waals surface area contributed by atoms with Crippen LogP contribution in [-0.2, 0) is 4.79 Å². The molecule has 2 aliphatic rings. The molecule has 1 N–H and O–H groups in total. The zero-order valence-corrected chi connectivity index (χ0v) is 19.3. The number of likely N-dealkylation sites (N-methyl/N-ethyl adjacent to an activating group) is 1. The van der Waals surface area contributed by atoms with E-state index in [9.17, 15) is 14.0 Å². The van der Waals surface area contributed by atoms with Gasteiger partial charge in [0.1, 0.15) is 5.82 Å². The highest BCUT2D eigenvalue weighted by Crippen LogP contribution is 2.29. The molecule has 172 valence electrons. The second-order valence-corrected chi connectivity index (χ2v) is 9.73. The summed E-state index contributed by atoms with van der Waals surface area (Å²) in [5, 5.41) is 2.97. The highest BCUT2D eigenvalue weighted by atomic mass is 19.1. The number of carbonyl (C=O) groups is 2. The fourth-order valence-corrected chi connectivity index (χ4v) is 4.84. The maximum atomic E-state index is 13.5. The fraction of sp³-hybridized carbons (Fsp3) is 0.680. The minimum Gasteiger partial charge on any atom is -0.352 e. The first-order valence-electron chi connectivity index (χ1n) is 11.8. The number of nitrogens with one attached hydrogen (secondary N) is 1. The summed E-state index contributed by atoms with van der Waals surface area (Å²) in [7, 11) is 1.94. The molecule has 6 heteroatoms. The van der Waals surface area contributed by atoms with Gasteiger partial charge in [0.05, 0.1) is 0 Å². The number of nitrogens with zero attached hydrogens (tertiary/aromatic N) is 2. The van der Waals surface area contributed by atoms with Gasteiger partial charge in [-0.15, -0.1) is 0 Å². The van der Waals surface area contributed by atoms with Gasteiger partial charge >= 0.3 is 0 Å². The summed E-state index contributed by atoms with van der Waals surface area (Å²) in [5.74, 6) is 1.16. The molecule has 0 atom stereocenters. The molecular weight excluding hydrogens is 393 g/mol. The first kappa shape index (κ1) is 23.7. The van der Waals surface area contributed by atoms with Crippen LogP contribution in [0.4, 0.5) is 4.39 Å². The predicted octanol–water partition coefficient (Wildman–Crippen LogP) is 3.86. The van der Waals surface area contributed by atoms with E-state index in [1.807, 2.05) is 11.9 Å². The van der Waals surface area contributed by atoms with Gasteiger partial charge in [0.2, 0.25) is 5.91 Å². The van der Waals surface area contributed by atoms with E-state index in [-0.39, 0.29) is 17.6 Å². The average Bonchev–Trinajstić information content (AvgIpc) is 2.76. The minimum absolute atomic E-state index is 0.206. The van der Waals surface area contributed by atoms with Crippen LogP contribution in [0.2, 0.25) is 0 Å². The maximum absolute atomic E-state index is 13.5. The van der Waals surface area contributed by atoms with Crippen molar-refractivity contribution in [1.82, 2.24) is 15.1 Å². The molecule has 2 amide bonds. The number of piperidine rings is 1. The number of benzene rings is 1. The van der Waals surface area contributed by atoms with Crippen LogP contribution in [0.25, 0.3) is 0 Å². The Balaban J connectivity index is 1.34. The Bertz CT molecular complexity index is 733. The van der Waals surface area contributed by atoms with Crippen LogP contribution in [0.3, 0.4) is 0 Å². The van der Waals surface area contributed by atoms with Gasteiger partial charge in [-0.2, -0.15) is 0 Å². The molecule has 1 saturated heterocycles. The van der Waals surface area contributed by atoms with Crippen molar-refractivity contribution in [2.24, 2.45) is 17.8 Å². The van der Waals surface area contributed by atoms with Gasteiger partial charge in [-0.25, -0.2) is 4.39 Å². The van der Waals surface area contributed by atoms with E-state index < -0.39 is 0 Å². The third kappa shape index (κ3) is 7.03. The molecular formula is C25H38FN3O2. The van der Waals surface area contributed by atoms with E-state index in [0.29, 0.717) is 23.9 Å². The molecule has 1 aromatic carbocycles. The van der Waals surface area contributed by atoms with Crippen molar-refractivity contribution in [3.8, 4) is 0 Å². The second kappa shape index (κ2) is 11.1. The van der Waals surface area contributed by atoms with Crippen molar-refractivity contribution >= 4 is 11.8 Å². The Morgan fingerprint density at radius 2 is 1.77 bits per heavy atom. The monoisotopic (exact) mass is 431 g/mol. The van der Waals surface area contributed by atoms with E-state index in [0.717, 1.165) is 63.3 Å². The summed E-state index contributed by atoms with van der Waals surface area (Å²) in [6.45, 7) is 8.36. The lowest BCUT2D eigenvalue weighted by molar-refractivity contribution is -0.135. The molecule has 2 fully saturated rings. The summed E-state index contributed by atoms with van der Waals surface area (Å²) in [6.07, 6.45) is 6.48. The number of halogens is 1. The molecule has 0 aromatic heterocycles. The largest absolute Gasteiger partial charge is 0.352 e. The first-order valence-corrected chi connectivity index (χ1v) is 11.8. The van der Waals surface area contributed by atoms with Crippen LogP contribution in [-0.4, -0.2) is 61.4 Å². The van der Waals surface area contributed by atoms with Crippen molar-refractivity contribution in [3.05, 3.63) is 35.1 Å². The van der Waals surface area contributed by atoms with Gasteiger partial charge in [-0.1, -0.05) is 6.92 Å². The van der Waals surface area contributed by atoms with E-state index in [4.69, 9.17) is 0 Å². The number of amides is 2. The molecule has 5 nitrogen and oxygen atoms in total. The standard InChI is InChI=1S/C25H38FN3O2/c1-18-4-6-21(7-5-18)25(31)28(3)12-13-29-10-8-20(9-11-29)17-27-24(30)22-14-19(2)15-23(26)16-22/h14-16,18,20-21H,4-13,17H2,1-3H3,(H,27,30). The Morgan fingerprint density at radius 1 is 1.10 bits per heavy atom. The Morgan fingerprint density at radius 3 is 2.42 bits per heavy atom. The smallest absolute Gasteiger partial charge is 0.251 e. The average molecular weight is 432 g/mol. The molecule has 0 spiro atoms. The van der Waals surface area contributed by atoms with Gasteiger partial charge in [0.15, 0.2) is 0 Å². The van der Waals surface area contributed by atoms with Crippen molar-refractivity contribution in [2.75, 3.05) is 39.8 Å². The molecule has 1 saturated carbocycles. The van der Waals surface area contributed by atoms with Crippen molar-refractivity contribution in [1.29, 1.82) is 0 Å². The molecule has 1 heterocycles.